The summed E-state index contributed by atoms with van der Waals surface area (Å²) < 4.78 is 10.3. The quantitative estimate of drug-likeness (QED) is 0.814. The first kappa shape index (κ1) is 13.4. The van der Waals surface area contributed by atoms with Gasteiger partial charge >= 0.3 is 5.97 Å². The number of carboxylic acid groups (broad SMARTS) is 1. The van der Waals surface area contributed by atoms with Crippen molar-refractivity contribution in [3.8, 4) is 11.5 Å². The summed E-state index contributed by atoms with van der Waals surface area (Å²) in [7, 11) is 4.59. The second-order valence-electron chi connectivity index (χ2n) is 4.38. The maximum atomic E-state index is 12.2. The van der Waals surface area contributed by atoms with Crippen molar-refractivity contribution in [3.63, 3.8) is 0 Å². The Balaban J connectivity index is 2.54. The summed E-state index contributed by atoms with van der Waals surface area (Å²) in [5.74, 6) is -0.635. The molecule has 102 valence electrons. The summed E-state index contributed by atoms with van der Waals surface area (Å²) in [5, 5.41) is 9.11. The first-order chi connectivity index (χ1) is 8.99. The molecule has 6 nitrogen and oxygen atoms in total. The maximum absolute atomic E-state index is 12.2. The van der Waals surface area contributed by atoms with E-state index in [1.165, 1.54) is 19.1 Å². The van der Waals surface area contributed by atoms with Crippen LogP contribution < -0.4 is 9.47 Å². The number of nitrogens with zero attached hydrogens (tertiary/aromatic N) is 1. The normalized spacial score (nSPS) is 18.9. The molecule has 1 aliphatic heterocycles. The number of benzene rings is 1. The third-order valence-electron chi connectivity index (χ3n) is 3.22. The largest absolute Gasteiger partial charge is 0.493 e. The molecule has 0 bridgehead atoms. The fraction of sp³-hybridized carbons (Fsp3) is 0.385. The highest BCUT2D eigenvalue weighted by atomic mass is 16.5. The van der Waals surface area contributed by atoms with Crippen LogP contribution in [0.3, 0.4) is 0 Å². The van der Waals surface area contributed by atoms with Gasteiger partial charge in [0.25, 0.3) is 0 Å². The smallest absolute Gasteiger partial charge is 0.329 e. The van der Waals surface area contributed by atoms with Crippen molar-refractivity contribution in [2.45, 2.75) is 12.6 Å². The minimum atomic E-state index is -1.15. The molecule has 0 saturated carbocycles. The topological polar surface area (TPSA) is 76.1 Å². The van der Waals surface area contributed by atoms with Crippen LogP contribution in [0.5, 0.6) is 11.5 Å². The van der Waals surface area contributed by atoms with Gasteiger partial charge in [-0.25, -0.2) is 0 Å². The van der Waals surface area contributed by atoms with E-state index in [2.05, 4.69) is 0 Å². The molecule has 0 radical (unpaired) electrons. The second kappa shape index (κ2) is 4.89. The van der Waals surface area contributed by atoms with Crippen LogP contribution in [-0.4, -0.2) is 49.1 Å². The second-order valence-corrected chi connectivity index (χ2v) is 4.38. The van der Waals surface area contributed by atoms with Crippen LogP contribution in [0.1, 0.15) is 15.9 Å². The molecule has 2 rings (SSSR count). The number of carboxylic acids is 1. The van der Waals surface area contributed by atoms with Crippen LogP contribution in [0.4, 0.5) is 0 Å². The highest BCUT2D eigenvalue weighted by Gasteiger charge is 2.37. The van der Waals surface area contributed by atoms with Gasteiger partial charge in [0.1, 0.15) is 0 Å². The van der Waals surface area contributed by atoms with Crippen molar-refractivity contribution in [2.24, 2.45) is 0 Å². The van der Waals surface area contributed by atoms with Crippen LogP contribution in [-0.2, 0) is 11.3 Å². The lowest BCUT2D eigenvalue weighted by Gasteiger charge is -2.30. The molecule has 1 aliphatic rings. The predicted molar refractivity (Wildman–Crippen MR) is 66.8 cm³/mol. The zero-order valence-corrected chi connectivity index (χ0v) is 11.0. The molecule has 1 atom stereocenters. The monoisotopic (exact) mass is 265 g/mol. The predicted octanol–water partition coefficient (Wildman–Crippen LogP) is 0.785. The Morgan fingerprint density at radius 2 is 1.89 bits per heavy atom. The van der Waals surface area contributed by atoms with Gasteiger partial charge in [-0.15, -0.1) is 0 Å². The number of aliphatic carboxylic acids is 1. The lowest BCUT2D eigenvalue weighted by Crippen LogP contribution is -2.47. The number of methoxy groups -OCH3 is 2. The van der Waals surface area contributed by atoms with Crippen LogP contribution in [0.25, 0.3) is 0 Å². The lowest BCUT2D eigenvalue weighted by atomic mass is 9.92. The Morgan fingerprint density at radius 1 is 1.32 bits per heavy atom. The number of fused-ring (bicyclic) bond motifs is 1. The molecular formula is C13H15NO5. The average molecular weight is 265 g/mol. The minimum Gasteiger partial charge on any atom is -0.493 e. The van der Waals surface area contributed by atoms with Gasteiger partial charge in [-0.3, -0.25) is 14.5 Å². The molecule has 0 spiro atoms. The molecule has 0 fully saturated rings. The molecule has 1 aromatic rings. The molecule has 0 aliphatic carbocycles. The van der Waals surface area contributed by atoms with E-state index in [0.29, 0.717) is 23.6 Å². The van der Waals surface area contributed by atoms with Gasteiger partial charge in [0.15, 0.2) is 23.3 Å². The summed E-state index contributed by atoms with van der Waals surface area (Å²) in [4.78, 5) is 24.9. The molecule has 1 N–H and O–H groups in total. The van der Waals surface area contributed by atoms with Crippen molar-refractivity contribution in [1.82, 2.24) is 4.90 Å². The van der Waals surface area contributed by atoms with Crippen molar-refractivity contribution < 1.29 is 24.2 Å². The van der Waals surface area contributed by atoms with Crippen molar-refractivity contribution in [1.29, 1.82) is 0 Å². The van der Waals surface area contributed by atoms with Crippen molar-refractivity contribution in [2.75, 3.05) is 21.3 Å². The molecule has 0 aromatic heterocycles. The van der Waals surface area contributed by atoms with Gasteiger partial charge in [0, 0.05) is 12.1 Å². The molecule has 1 aromatic carbocycles. The molecule has 19 heavy (non-hydrogen) atoms. The zero-order chi connectivity index (χ0) is 14.2. The summed E-state index contributed by atoms with van der Waals surface area (Å²) >= 11 is 0. The SMILES string of the molecule is COc1cc2c(cc1OC)C(=O)C(C(=O)O)N(C)C2. The average Bonchev–Trinajstić information content (AvgIpc) is 2.36. The molecule has 6 heteroatoms. The maximum Gasteiger partial charge on any atom is 0.329 e. The highest BCUT2D eigenvalue weighted by molar-refractivity contribution is 6.13. The van der Waals surface area contributed by atoms with E-state index in [9.17, 15) is 9.59 Å². The first-order valence-corrected chi connectivity index (χ1v) is 5.71. The Morgan fingerprint density at radius 3 is 2.42 bits per heavy atom. The summed E-state index contributed by atoms with van der Waals surface area (Å²) in [6.45, 7) is 0.373. The zero-order valence-electron chi connectivity index (χ0n) is 11.0. The van der Waals surface area contributed by atoms with Crippen LogP contribution >= 0.6 is 0 Å². The standard InChI is InChI=1S/C13H15NO5/c1-14-6-7-4-9(18-2)10(19-3)5-8(7)12(15)11(14)13(16)17/h4-5,11H,6H2,1-3H3,(H,16,17). The minimum absolute atomic E-state index is 0.373. The van der Waals surface area contributed by atoms with Gasteiger partial charge in [-0.1, -0.05) is 0 Å². The van der Waals surface area contributed by atoms with Gasteiger partial charge in [-0.2, -0.15) is 0 Å². The molecule has 0 saturated heterocycles. The molecule has 0 amide bonds. The summed E-state index contributed by atoms with van der Waals surface area (Å²) in [5.41, 5.74) is 1.12. The van der Waals surface area contributed by atoms with E-state index in [-0.39, 0.29) is 0 Å². The van der Waals surface area contributed by atoms with Crippen LogP contribution in [0, 0.1) is 0 Å². The van der Waals surface area contributed by atoms with E-state index < -0.39 is 17.8 Å². The first-order valence-electron chi connectivity index (χ1n) is 5.71. The third-order valence-corrected chi connectivity index (χ3v) is 3.22. The van der Waals surface area contributed by atoms with Gasteiger partial charge in [-0.05, 0) is 24.7 Å². The number of carbonyl (C=O) groups excluding carboxylic acids is 1. The van der Waals surface area contributed by atoms with E-state index in [4.69, 9.17) is 14.6 Å². The number of hydrogen-bond acceptors (Lipinski definition) is 5. The fourth-order valence-corrected chi connectivity index (χ4v) is 2.29. The molecule has 1 heterocycles. The number of rotatable bonds is 3. The number of carbonyl (C=O) groups is 2. The third kappa shape index (κ3) is 2.15. The Kier molecular flexibility index (Phi) is 3.44. The van der Waals surface area contributed by atoms with E-state index in [1.807, 2.05) is 0 Å². The lowest BCUT2D eigenvalue weighted by molar-refractivity contribution is -0.141. The van der Waals surface area contributed by atoms with Gasteiger partial charge in [0.05, 0.1) is 14.2 Å². The molecule has 1 unspecified atom stereocenters. The Hall–Kier alpha value is -2.08. The van der Waals surface area contributed by atoms with E-state index in [0.717, 1.165) is 5.56 Å². The Labute approximate surface area is 110 Å². The number of likely N-dealkylation sites (N-methyl/N-ethyl adjacent to an activating group) is 1. The Bertz CT molecular complexity index is 540. The number of Topliss-reactive ketones (excluding diaryl/α,β-unsaturated/α-hetero) is 1. The van der Waals surface area contributed by atoms with Gasteiger partial charge < -0.3 is 14.6 Å². The van der Waals surface area contributed by atoms with E-state index >= 15 is 0 Å². The molecular weight excluding hydrogens is 250 g/mol. The highest BCUT2D eigenvalue weighted by Crippen LogP contribution is 2.34. The van der Waals surface area contributed by atoms with Crippen molar-refractivity contribution in [3.05, 3.63) is 23.3 Å². The van der Waals surface area contributed by atoms with E-state index in [1.54, 1.807) is 19.2 Å². The fourth-order valence-electron chi connectivity index (χ4n) is 2.29. The van der Waals surface area contributed by atoms with Crippen LogP contribution in [0.2, 0.25) is 0 Å². The van der Waals surface area contributed by atoms with Crippen molar-refractivity contribution >= 4 is 11.8 Å². The van der Waals surface area contributed by atoms with Gasteiger partial charge in [0.2, 0.25) is 0 Å². The van der Waals surface area contributed by atoms with Crippen LogP contribution in [0.15, 0.2) is 12.1 Å². The number of ether oxygens (including phenoxy) is 2. The summed E-state index contributed by atoms with van der Waals surface area (Å²) in [6.07, 6.45) is 0. The number of hydrogen-bond donors (Lipinski definition) is 1. The summed E-state index contributed by atoms with van der Waals surface area (Å²) in [6, 6.07) is 2.10. The number of ketones is 1.